The van der Waals surface area contributed by atoms with Crippen molar-refractivity contribution < 1.29 is 5.11 Å². The van der Waals surface area contributed by atoms with Crippen molar-refractivity contribution >= 4 is 17.2 Å². The Morgan fingerprint density at radius 2 is 2.41 bits per heavy atom. The first kappa shape index (κ1) is 12.5. The van der Waals surface area contributed by atoms with Crippen LogP contribution in [0.25, 0.3) is 0 Å². The van der Waals surface area contributed by atoms with Gasteiger partial charge in [-0.3, -0.25) is 4.98 Å². The molecule has 3 nitrogen and oxygen atoms in total. The summed E-state index contributed by atoms with van der Waals surface area (Å²) in [6.07, 6.45) is 7.70. The Bertz CT molecular complexity index is 396. The molecule has 0 amide bonds. The van der Waals surface area contributed by atoms with Gasteiger partial charge in [-0.15, -0.1) is 0 Å². The predicted octanol–water partition coefficient (Wildman–Crippen LogP) is 1.79. The third-order valence-corrected chi connectivity index (χ3v) is 4.27. The van der Waals surface area contributed by atoms with E-state index in [0.717, 1.165) is 31.2 Å². The molecule has 1 heterocycles. The molecule has 1 fully saturated rings. The quantitative estimate of drug-likeness (QED) is 0.803. The van der Waals surface area contributed by atoms with Crippen LogP contribution in [-0.4, -0.2) is 21.7 Å². The summed E-state index contributed by atoms with van der Waals surface area (Å²) in [7, 11) is 0. The number of hydrogen-bond donors (Lipinski definition) is 2. The van der Waals surface area contributed by atoms with Crippen LogP contribution in [0.4, 0.5) is 0 Å². The summed E-state index contributed by atoms with van der Waals surface area (Å²) in [5.74, 6) is 0.123. The van der Waals surface area contributed by atoms with Gasteiger partial charge in [0.25, 0.3) is 0 Å². The maximum absolute atomic E-state index is 9.60. The molecule has 0 saturated heterocycles. The zero-order valence-electron chi connectivity index (χ0n) is 9.80. The van der Waals surface area contributed by atoms with E-state index in [9.17, 15) is 5.11 Å². The van der Waals surface area contributed by atoms with Crippen molar-refractivity contribution in [3.05, 3.63) is 30.1 Å². The highest BCUT2D eigenvalue weighted by Gasteiger charge is 2.44. The predicted molar refractivity (Wildman–Crippen MR) is 71.7 cm³/mol. The van der Waals surface area contributed by atoms with Crippen molar-refractivity contribution in [3.8, 4) is 0 Å². The lowest BCUT2D eigenvalue weighted by Crippen LogP contribution is -2.49. The van der Waals surface area contributed by atoms with Crippen molar-refractivity contribution in [2.24, 2.45) is 11.7 Å². The number of nitrogens with zero attached hydrogens (tertiary/aromatic N) is 1. The molecule has 0 aliphatic heterocycles. The van der Waals surface area contributed by atoms with E-state index in [4.69, 9.17) is 18.0 Å². The van der Waals surface area contributed by atoms with Gasteiger partial charge in [-0.2, -0.15) is 0 Å². The second-order valence-corrected chi connectivity index (χ2v) is 5.14. The first-order valence-electron chi connectivity index (χ1n) is 6.03. The van der Waals surface area contributed by atoms with Gasteiger partial charge in [-0.25, -0.2) is 0 Å². The molecule has 1 aromatic rings. The first-order chi connectivity index (χ1) is 8.21. The second-order valence-electron chi connectivity index (χ2n) is 4.70. The SMILES string of the molecule is NC(=S)C1(c2cccnc2)CCCCC1CO. The Balaban J connectivity index is 2.47. The van der Waals surface area contributed by atoms with Crippen molar-refractivity contribution in [2.75, 3.05) is 6.61 Å². The van der Waals surface area contributed by atoms with E-state index >= 15 is 0 Å². The van der Waals surface area contributed by atoms with Gasteiger partial charge in [-0.1, -0.05) is 31.1 Å². The summed E-state index contributed by atoms with van der Waals surface area (Å²) in [5.41, 5.74) is 6.68. The molecule has 3 N–H and O–H groups in total. The summed E-state index contributed by atoms with van der Waals surface area (Å²) in [4.78, 5) is 4.65. The zero-order chi connectivity index (χ0) is 12.3. The molecule has 0 aromatic carbocycles. The van der Waals surface area contributed by atoms with Gasteiger partial charge < -0.3 is 10.8 Å². The Morgan fingerprint density at radius 3 is 3.00 bits per heavy atom. The molecule has 4 heteroatoms. The van der Waals surface area contributed by atoms with Crippen LogP contribution >= 0.6 is 12.2 Å². The number of hydrogen-bond acceptors (Lipinski definition) is 3. The minimum Gasteiger partial charge on any atom is -0.396 e. The van der Waals surface area contributed by atoms with Crippen molar-refractivity contribution in [1.29, 1.82) is 0 Å². The maximum atomic E-state index is 9.60. The normalized spacial score (nSPS) is 28.9. The Morgan fingerprint density at radius 1 is 1.59 bits per heavy atom. The molecule has 1 aliphatic carbocycles. The van der Waals surface area contributed by atoms with Crippen LogP contribution in [0.1, 0.15) is 31.2 Å². The summed E-state index contributed by atoms with van der Waals surface area (Å²) in [6.45, 7) is 0.131. The highest BCUT2D eigenvalue weighted by atomic mass is 32.1. The van der Waals surface area contributed by atoms with Crippen LogP contribution in [0.3, 0.4) is 0 Å². The van der Waals surface area contributed by atoms with Gasteiger partial charge in [-0.05, 0) is 30.4 Å². The van der Waals surface area contributed by atoms with Crippen LogP contribution in [0.15, 0.2) is 24.5 Å². The number of aromatic nitrogens is 1. The lowest BCUT2D eigenvalue weighted by Gasteiger charge is -2.43. The number of thiocarbonyl (C=S) groups is 1. The molecule has 1 aliphatic rings. The smallest absolute Gasteiger partial charge is 0.0838 e. The van der Waals surface area contributed by atoms with Crippen LogP contribution in [0, 0.1) is 5.92 Å². The number of nitrogens with two attached hydrogens (primary N) is 1. The Hall–Kier alpha value is -1.00. The van der Waals surface area contributed by atoms with Crippen LogP contribution in [-0.2, 0) is 5.41 Å². The number of aliphatic hydroxyl groups is 1. The molecule has 1 aromatic heterocycles. The maximum Gasteiger partial charge on any atom is 0.0838 e. The lowest BCUT2D eigenvalue weighted by molar-refractivity contribution is 0.143. The first-order valence-corrected chi connectivity index (χ1v) is 6.44. The molecule has 1 saturated carbocycles. The number of aliphatic hydroxyl groups excluding tert-OH is 1. The average molecular weight is 250 g/mol. The molecule has 92 valence electrons. The van der Waals surface area contributed by atoms with Gasteiger partial charge in [0.05, 0.1) is 10.4 Å². The van der Waals surface area contributed by atoms with Crippen molar-refractivity contribution in [1.82, 2.24) is 4.98 Å². The van der Waals surface area contributed by atoms with Gasteiger partial charge in [0.2, 0.25) is 0 Å². The third-order valence-electron chi connectivity index (χ3n) is 3.91. The molecular weight excluding hydrogens is 232 g/mol. The van der Waals surface area contributed by atoms with E-state index in [1.54, 1.807) is 6.20 Å². The van der Waals surface area contributed by atoms with Crippen LogP contribution < -0.4 is 5.73 Å². The van der Waals surface area contributed by atoms with Crippen LogP contribution in [0.2, 0.25) is 0 Å². The molecule has 0 radical (unpaired) electrons. The number of rotatable bonds is 3. The summed E-state index contributed by atoms with van der Waals surface area (Å²) >= 11 is 5.29. The molecular formula is C13H18N2OS. The summed E-state index contributed by atoms with van der Waals surface area (Å²) < 4.78 is 0. The lowest BCUT2D eigenvalue weighted by atomic mass is 9.63. The standard InChI is InChI=1S/C13H18N2OS/c14-12(17)13(10-5-3-7-15-8-10)6-2-1-4-11(13)9-16/h3,5,7-8,11,16H,1-2,4,6,9H2,(H2,14,17). The van der Waals surface area contributed by atoms with Crippen molar-refractivity contribution in [3.63, 3.8) is 0 Å². The van der Waals surface area contributed by atoms with E-state index in [2.05, 4.69) is 4.98 Å². The molecule has 17 heavy (non-hydrogen) atoms. The fraction of sp³-hybridized carbons (Fsp3) is 0.538. The largest absolute Gasteiger partial charge is 0.396 e. The molecule has 0 bridgehead atoms. The van der Waals surface area contributed by atoms with E-state index < -0.39 is 0 Å². The van der Waals surface area contributed by atoms with Gasteiger partial charge in [0, 0.05) is 19.0 Å². The Labute approximate surface area is 107 Å². The summed E-state index contributed by atoms with van der Waals surface area (Å²) in [6, 6.07) is 3.92. The van der Waals surface area contributed by atoms with E-state index in [0.29, 0.717) is 4.99 Å². The zero-order valence-corrected chi connectivity index (χ0v) is 10.6. The van der Waals surface area contributed by atoms with Gasteiger partial charge in [0.1, 0.15) is 0 Å². The van der Waals surface area contributed by atoms with Gasteiger partial charge in [0.15, 0.2) is 0 Å². The molecule has 2 rings (SSSR count). The topological polar surface area (TPSA) is 59.1 Å². The van der Waals surface area contributed by atoms with E-state index in [-0.39, 0.29) is 17.9 Å². The highest BCUT2D eigenvalue weighted by molar-refractivity contribution is 7.80. The minimum absolute atomic E-state index is 0.123. The monoisotopic (exact) mass is 250 g/mol. The van der Waals surface area contributed by atoms with E-state index in [1.165, 1.54) is 0 Å². The van der Waals surface area contributed by atoms with Gasteiger partial charge >= 0.3 is 0 Å². The summed E-state index contributed by atoms with van der Waals surface area (Å²) in [5, 5.41) is 9.60. The Kier molecular flexibility index (Phi) is 3.74. The highest BCUT2D eigenvalue weighted by Crippen LogP contribution is 2.43. The fourth-order valence-corrected chi connectivity index (χ4v) is 3.35. The minimum atomic E-state index is -0.364. The van der Waals surface area contributed by atoms with Crippen molar-refractivity contribution in [2.45, 2.75) is 31.1 Å². The molecule has 2 unspecified atom stereocenters. The third kappa shape index (κ3) is 2.07. The van der Waals surface area contributed by atoms with E-state index in [1.807, 2.05) is 18.3 Å². The second kappa shape index (κ2) is 5.10. The van der Waals surface area contributed by atoms with Crippen LogP contribution in [0.5, 0.6) is 0 Å². The fourth-order valence-electron chi connectivity index (χ4n) is 2.97. The average Bonchev–Trinajstić information content (AvgIpc) is 2.39. The molecule has 2 atom stereocenters. The number of pyridine rings is 1. The molecule has 0 spiro atoms.